The molecule has 0 fully saturated rings. The summed E-state index contributed by atoms with van der Waals surface area (Å²) in [6.07, 6.45) is 0.519. The van der Waals surface area contributed by atoms with E-state index in [9.17, 15) is 4.57 Å². The third-order valence-electron chi connectivity index (χ3n) is 2.89. The molecule has 0 aliphatic heterocycles. The maximum Gasteiger partial charge on any atom is 0.342 e. The summed E-state index contributed by atoms with van der Waals surface area (Å²) in [7, 11) is -1.86. The SMILES string of the molecule is CCOP(OCC)C(Cc1ccccc1)P(=O)(OC)OC.[B]. The lowest BCUT2D eigenvalue weighted by atomic mass is 10.2. The molecule has 1 aromatic carbocycles. The van der Waals surface area contributed by atoms with Gasteiger partial charge in [0.15, 0.2) is 8.38 Å². The van der Waals surface area contributed by atoms with Crippen LogP contribution in [0.2, 0.25) is 0 Å². The third kappa shape index (κ3) is 6.12. The second kappa shape index (κ2) is 11.3. The molecule has 0 heterocycles. The molecule has 8 heteroatoms. The Balaban J connectivity index is 0.00000441. The number of benzene rings is 1. The van der Waals surface area contributed by atoms with Gasteiger partial charge in [0.25, 0.3) is 0 Å². The second-order valence-corrected chi connectivity index (χ2v) is 8.75. The van der Waals surface area contributed by atoms with Crippen LogP contribution in [0.25, 0.3) is 0 Å². The standard InChI is InChI=1S/C14H24O5P2.B/c1-5-18-20(19-6-2)14(21(15,16-3)17-4)12-13-10-8-7-9-11-13;/h7-11,14H,5-6,12H2,1-4H3;. The zero-order valence-corrected chi connectivity index (χ0v) is 15.4. The number of rotatable bonds is 10. The van der Waals surface area contributed by atoms with E-state index in [1.54, 1.807) is 0 Å². The molecule has 0 amide bonds. The maximum atomic E-state index is 12.9. The van der Waals surface area contributed by atoms with E-state index < -0.39 is 21.4 Å². The van der Waals surface area contributed by atoms with E-state index in [1.165, 1.54) is 14.2 Å². The van der Waals surface area contributed by atoms with Crippen LogP contribution in [0.4, 0.5) is 0 Å². The summed E-state index contributed by atoms with van der Waals surface area (Å²) in [6, 6.07) is 9.79. The van der Waals surface area contributed by atoms with Gasteiger partial charge in [-0.1, -0.05) is 30.3 Å². The Hall–Kier alpha value is -0.215. The number of hydrogen-bond donors (Lipinski definition) is 0. The van der Waals surface area contributed by atoms with E-state index in [-0.39, 0.29) is 8.41 Å². The first-order valence-corrected chi connectivity index (χ1v) is 9.77. The molecule has 1 aromatic rings. The summed E-state index contributed by atoms with van der Waals surface area (Å²) >= 11 is 0. The fourth-order valence-electron chi connectivity index (χ4n) is 1.91. The van der Waals surface area contributed by atoms with Crippen molar-refractivity contribution < 1.29 is 22.7 Å². The van der Waals surface area contributed by atoms with Crippen LogP contribution in [-0.4, -0.2) is 41.2 Å². The van der Waals surface area contributed by atoms with Crippen molar-refractivity contribution in [3.05, 3.63) is 35.9 Å². The Labute approximate surface area is 136 Å². The van der Waals surface area contributed by atoms with Gasteiger partial charge in [-0.15, -0.1) is 0 Å². The molecule has 1 unspecified atom stereocenters. The normalized spacial score (nSPS) is 13.0. The van der Waals surface area contributed by atoms with Crippen LogP contribution in [0.1, 0.15) is 19.4 Å². The van der Waals surface area contributed by atoms with Gasteiger partial charge in [-0.3, -0.25) is 4.57 Å². The van der Waals surface area contributed by atoms with Gasteiger partial charge < -0.3 is 18.1 Å². The molecule has 123 valence electrons. The topological polar surface area (TPSA) is 54.0 Å². The van der Waals surface area contributed by atoms with E-state index in [0.29, 0.717) is 19.6 Å². The molecule has 0 bridgehead atoms. The molecule has 1 rings (SSSR count). The monoisotopic (exact) mass is 345 g/mol. The molecule has 0 spiro atoms. The molecule has 1 atom stereocenters. The minimum Gasteiger partial charge on any atom is -0.334 e. The van der Waals surface area contributed by atoms with Crippen LogP contribution >= 0.6 is 16.0 Å². The molecular formula is C14H24BO5P2. The van der Waals surface area contributed by atoms with E-state index in [4.69, 9.17) is 18.1 Å². The van der Waals surface area contributed by atoms with Crippen LogP contribution < -0.4 is 0 Å². The van der Waals surface area contributed by atoms with Gasteiger partial charge >= 0.3 is 7.60 Å². The first-order valence-electron chi connectivity index (χ1n) is 6.91. The van der Waals surface area contributed by atoms with Gasteiger partial charge in [-0.2, -0.15) is 0 Å². The Morgan fingerprint density at radius 3 is 1.95 bits per heavy atom. The minimum absolute atomic E-state index is 0. The lowest BCUT2D eigenvalue weighted by molar-refractivity contribution is 0.247. The Morgan fingerprint density at radius 1 is 1.05 bits per heavy atom. The lowest BCUT2D eigenvalue weighted by Gasteiger charge is -2.29. The molecule has 0 aliphatic carbocycles. The first kappa shape index (κ1) is 21.8. The quantitative estimate of drug-likeness (QED) is 0.473. The van der Waals surface area contributed by atoms with Crippen LogP contribution in [0.3, 0.4) is 0 Å². The van der Waals surface area contributed by atoms with E-state index in [2.05, 4.69) is 0 Å². The zero-order chi connectivity index (χ0) is 15.7. The van der Waals surface area contributed by atoms with Gasteiger partial charge in [0, 0.05) is 22.6 Å². The van der Waals surface area contributed by atoms with E-state index in [1.807, 2.05) is 44.2 Å². The largest absolute Gasteiger partial charge is 0.342 e. The van der Waals surface area contributed by atoms with Gasteiger partial charge in [0.05, 0.1) is 13.2 Å². The Kier molecular flexibility index (Phi) is 11.2. The summed E-state index contributed by atoms with van der Waals surface area (Å²) in [5.41, 5.74) is 1.05. The highest BCUT2D eigenvalue weighted by molar-refractivity contribution is 7.69. The van der Waals surface area contributed by atoms with Crippen molar-refractivity contribution in [2.75, 3.05) is 27.4 Å². The summed E-state index contributed by atoms with van der Waals surface area (Å²) in [4.78, 5) is 0. The fraction of sp³-hybridized carbons (Fsp3) is 0.571. The molecule has 0 aromatic heterocycles. The molecule has 0 saturated carbocycles. The molecule has 0 N–H and O–H groups in total. The zero-order valence-electron chi connectivity index (χ0n) is 13.6. The number of hydrogen-bond acceptors (Lipinski definition) is 5. The first-order chi connectivity index (χ1) is 10.1. The summed E-state index contributed by atoms with van der Waals surface area (Å²) in [5.74, 6) is 0. The van der Waals surface area contributed by atoms with Crippen molar-refractivity contribution >= 4 is 24.4 Å². The van der Waals surface area contributed by atoms with Gasteiger partial charge in [-0.25, -0.2) is 0 Å². The molecule has 0 saturated heterocycles. The van der Waals surface area contributed by atoms with Crippen LogP contribution in [0.5, 0.6) is 0 Å². The molecular weight excluding hydrogens is 321 g/mol. The highest BCUT2D eigenvalue weighted by atomic mass is 31.2. The van der Waals surface area contributed by atoms with Gasteiger partial charge in [-0.05, 0) is 25.8 Å². The predicted octanol–water partition coefficient (Wildman–Crippen LogP) is 4.05. The molecule has 22 heavy (non-hydrogen) atoms. The van der Waals surface area contributed by atoms with Crippen molar-refractivity contribution in [2.24, 2.45) is 0 Å². The van der Waals surface area contributed by atoms with Crippen LogP contribution in [0, 0.1) is 0 Å². The third-order valence-corrected chi connectivity index (χ3v) is 7.93. The Morgan fingerprint density at radius 2 is 1.55 bits per heavy atom. The highest BCUT2D eigenvalue weighted by Gasteiger charge is 2.42. The summed E-state index contributed by atoms with van der Waals surface area (Å²) in [6.45, 7) is 4.76. The molecule has 0 aliphatic rings. The summed E-state index contributed by atoms with van der Waals surface area (Å²) in [5, 5.41) is -0.454. The summed E-state index contributed by atoms with van der Waals surface area (Å²) < 4.78 is 34.6. The van der Waals surface area contributed by atoms with E-state index >= 15 is 0 Å². The van der Waals surface area contributed by atoms with Crippen molar-refractivity contribution in [2.45, 2.75) is 25.7 Å². The van der Waals surface area contributed by atoms with Crippen molar-refractivity contribution in [3.8, 4) is 0 Å². The Bertz CT molecular complexity index is 432. The average molecular weight is 345 g/mol. The van der Waals surface area contributed by atoms with Gasteiger partial charge in [0.1, 0.15) is 5.40 Å². The lowest BCUT2D eigenvalue weighted by Crippen LogP contribution is -2.16. The van der Waals surface area contributed by atoms with E-state index in [0.717, 1.165) is 5.56 Å². The maximum absolute atomic E-state index is 12.9. The van der Waals surface area contributed by atoms with Crippen molar-refractivity contribution in [3.63, 3.8) is 0 Å². The highest BCUT2D eigenvalue weighted by Crippen LogP contribution is 2.66. The smallest absolute Gasteiger partial charge is 0.334 e. The fourth-order valence-corrected chi connectivity index (χ4v) is 6.16. The molecule has 5 nitrogen and oxygen atoms in total. The van der Waals surface area contributed by atoms with Crippen LogP contribution in [-0.2, 0) is 29.1 Å². The van der Waals surface area contributed by atoms with Crippen LogP contribution in [0.15, 0.2) is 30.3 Å². The minimum atomic E-state index is -3.29. The predicted molar refractivity (Wildman–Crippen MR) is 91.5 cm³/mol. The average Bonchev–Trinajstić information content (AvgIpc) is 2.53. The van der Waals surface area contributed by atoms with Crippen molar-refractivity contribution in [1.82, 2.24) is 0 Å². The van der Waals surface area contributed by atoms with Gasteiger partial charge in [0.2, 0.25) is 0 Å². The molecule has 3 radical (unpaired) electrons. The second-order valence-electron chi connectivity index (χ2n) is 4.20. The van der Waals surface area contributed by atoms with Crippen molar-refractivity contribution in [1.29, 1.82) is 0 Å².